The molecule has 1 unspecified atom stereocenters. The Labute approximate surface area is 123 Å². The van der Waals surface area contributed by atoms with E-state index in [0.717, 1.165) is 17.1 Å². The number of nitrogens with two attached hydrogens (primary N) is 1. The largest absolute Gasteiger partial charge is 0.389 e. The van der Waals surface area contributed by atoms with Gasteiger partial charge in [0.05, 0.1) is 24.5 Å². The minimum atomic E-state index is -0.406. The number of thiocarbonyl (C=S) groups is 1. The number of carbonyl (C=O) groups excluding carboxylic acids is 1. The lowest BCUT2D eigenvalue weighted by Gasteiger charge is -2.36. The van der Waals surface area contributed by atoms with Gasteiger partial charge in [0.1, 0.15) is 16.8 Å². The Bertz CT molecular complexity index is 542. The fraction of sp³-hybridized carbons (Fsp3) is 0.583. The van der Waals surface area contributed by atoms with Gasteiger partial charge in [-0.1, -0.05) is 12.2 Å². The second kappa shape index (κ2) is 5.76. The van der Waals surface area contributed by atoms with Crippen molar-refractivity contribution in [2.75, 3.05) is 31.7 Å². The topological polar surface area (TPSA) is 85.4 Å². The first-order valence-corrected chi connectivity index (χ1v) is 6.77. The molecule has 1 saturated heterocycles. The maximum absolute atomic E-state index is 12.0. The number of likely N-dealkylation sites (N-methyl/N-ethyl adjacent to an activating group) is 1. The third-order valence-corrected chi connectivity index (χ3v) is 3.59. The van der Waals surface area contributed by atoms with E-state index in [-0.39, 0.29) is 10.9 Å². The molecule has 0 radical (unpaired) electrons. The third kappa shape index (κ3) is 2.48. The van der Waals surface area contributed by atoms with Crippen molar-refractivity contribution < 1.29 is 9.53 Å². The first-order valence-electron chi connectivity index (χ1n) is 6.36. The molecule has 0 saturated carbocycles. The predicted octanol–water partition coefficient (Wildman–Crippen LogP) is -0.686. The van der Waals surface area contributed by atoms with Crippen molar-refractivity contribution in [3.8, 4) is 0 Å². The number of anilines is 1. The maximum Gasteiger partial charge on any atom is 0.244 e. The molecular formula is C12H19N5O2S. The van der Waals surface area contributed by atoms with Crippen molar-refractivity contribution in [3.05, 3.63) is 11.3 Å². The lowest BCUT2D eigenvalue weighted by Crippen LogP contribution is -2.54. The van der Waals surface area contributed by atoms with Gasteiger partial charge in [-0.15, -0.1) is 0 Å². The summed E-state index contributed by atoms with van der Waals surface area (Å²) in [6.45, 7) is 3.33. The van der Waals surface area contributed by atoms with Crippen LogP contribution in [0.5, 0.6) is 0 Å². The second-order valence-electron chi connectivity index (χ2n) is 4.67. The van der Waals surface area contributed by atoms with Gasteiger partial charge in [0, 0.05) is 20.6 Å². The molecule has 7 nitrogen and oxygen atoms in total. The number of carbonyl (C=O) groups is 1. The van der Waals surface area contributed by atoms with Gasteiger partial charge in [0.15, 0.2) is 0 Å². The third-order valence-electron chi connectivity index (χ3n) is 3.39. The van der Waals surface area contributed by atoms with Crippen molar-refractivity contribution >= 4 is 28.9 Å². The Morgan fingerprint density at radius 1 is 1.60 bits per heavy atom. The molecule has 2 heterocycles. The monoisotopic (exact) mass is 297 g/mol. The predicted molar refractivity (Wildman–Crippen MR) is 79.9 cm³/mol. The number of aromatic nitrogens is 2. The number of rotatable bonds is 3. The standard InChI is InChI=1S/C12H19N5O2S/c1-7-9(10(13)20)12(16(3)15-7)17-4-5-19-6-8(17)11(18)14-2/h8H,4-6H2,1-3H3,(H2,13,20)(H,14,18). The Hall–Kier alpha value is -1.67. The zero-order valence-corrected chi connectivity index (χ0v) is 12.7. The fourth-order valence-corrected chi connectivity index (χ4v) is 2.74. The van der Waals surface area contributed by atoms with Crippen LogP contribution in [-0.2, 0) is 16.6 Å². The number of hydrogen-bond acceptors (Lipinski definition) is 5. The number of amides is 1. The average molecular weight is 297 g/mol. The van der Waals surface area contributed by atoms with E-state index in [9.17, 15) is 4.79 Å². The Morgan fingerprint density at radius 3 is 2.90 bits per heavy atom. The van der Waals surface area contributed by atoms with Crippen molar-refractivity contribution in [1.29, 1.82) is 0 Å². The summed E-state index contributed by atoms with van der Waals surface area (Å²) >= 11 is 5.12. The van der Waals surface area contributed by atoms with Crippen LogP contribution in [0.15, 0.2) is 0 Å². The van der Waals surface area contributed by atoms with Crippen LogP contribution in [0.3, 0.4) is 0 Å². The molecule has 1 amide bonds. The minimum Gasteiger partial charge on any atom is -0.389 e. The van der Waals surface area contributed by atoms with Gasteiger partial charge in [0.25, 0.3) is 0 Å². The van der Waals surface area contributed by atoms with Gasteiger partial charge in [-0.3, -0.25) is 9.48 Å². The second-order valence-corrected chi connectivity index (χ2v) is 5.11. The molecular weight excluding hydrogens is 278 g/mol. The van der Waals surface area contributed by atoms with Crippen molar-refractivity contribution in [3.63, 3.8) is 0 Å². The molecule has 2 rings (SSSR count). The van der Waals surface area contributed by atoms with E-state index < -0.39 is 6.04 Å². The summed E-state index contributed by atoms with van der Waals surface area (Å²) in [5.41, 5.74) is 7.29. The van der Waals surface area contributed by atoms with Crippen LogP contribution in [-0.4, -0.2) is 53.5 Å². The number of ether oxygens (including phenoxy) is 1. The van der Waals surface area contributed by atoms with Gasteiger partial charge in [-0.2, -0.15) is 5.10 Å². The molecule has 1 fully saturated rings. The van der Waals surface area contributed by atoms with Crippen LogP contribution in [0.1, 0.15) is 11.3 Å². The number of hydrogen-bond donors (Lipinski definition) is 2. The fourth-order valence-electron chi connectivity index (χ4n) is 2.50. The summed E-state index contributed by atoms with van der Waals surface area (Å²) in [6, 6.07) is -0.406. The maximum atomic E-state index is 12.0. The van der Waals surface area contributed by atoms with E-state index in [1.54, 1.807) is 11.7 Å². The molecule has 0 spiro atoms. The molecule has 1 aliphatic heterocycles. The molecule has 3 N–H and O–H groups in total. The van der Waals surface area contributed by atoms with Crippen LogP contribution in [0.2, 0.25) is 0 Å². The van der Waals surface area contributed by atoms with Crippen LogP contribution in [0.4, 0.5) is 5.82 Å². The van der Waals surface area contributed by atoms with E-state index in [1.807, 2.05) is 18.9 Å². The van der Waals surface area contributed by atoms with Gasteiger partial charge in [0.2, 0.25) is 5.91 Å². The normalized spacial score (nSPS) is 18.9. The van der Waals surface area contributed by atoms with Crippen LogP contribution < -0.4 is 16.0 Å². The molecule has 1 aliphatic rings. The lowest BCUT2D eigenvalue weighted by atomic mass is 10.1. The van der Waals surface area contributed by atoms with Crippen LogP contribution >= 0.6 is 12.2 Å². The highest BCUT2D eigenvalue weighted by Crippen LogP contribution is 2.26. The molecule has 0 aliphatic carbocycles. The summed E-state index contributed by atoms with van der Waals surface area (Å²) < 4.78 is 7.12. The van der Waals surface area contributed by atoms with E-state index in [1.165, 1.54) is 0 Å². The number of aryl methyl sites for hydroxylation is 2. The molecule has 1 aromatic rings. The van der Waals surface area contributed by atoms with Crippen LogP contribution in [0, 0.1) is 6.92 Å². The highest BCUT2D eigenvalue weighted by molar-refractivity contribution is 7.80. The number of nitrogens with one attached hydrogen (secondary N) is 1. The summed E-state index contributed by atoms with van der Waals surface area (Å²) in [4.78, 5) is 14.3. The molecule has 1 aromatic heterocycles. The smallest absolute Gasteiger partial charge is 0.244 e. The summed E-state index contributed by atoms with van der Waals surface area (Å²) in [7, 11) is 3.43. The molecule has 8 heteroatoms. The minimum absolute atomic E-state index is 0.0996. The molecule has 110 valence electrons. The van der Waals surface area contributed by atoms with E-state index in [2.05, 4.69) is 10.4 Å². The Morgan fingerprint density at radius 2 is 2.30 bits per heavy atom. The lowest BCUT2D eigenvalue weighted by molar-refractivity contribution is -0.124. The Kier molecular flexibility index (Phi) is 4.24. The van der Waals surface area contributed by atoms with Gasteiger partial charge >= 0.3 is 0 Å². The average Bonchev–Trinajstić information content (AvgIpc) is 2.72. The van der Waals surface area contributed by atoms with Gasteiger partial charge in [-0.05, 0) is 6.92 Å². The first kappa shape index (κ1) is 14.7. The zero-order valence-electron chi connectivity index (χ0n) is 11.8. The van der Waals surface area contributed by atoms with Gasteiger partial charge < -0.3 is 20.7 Å². The molecule has 20 heavy (non-hydrogen) atoms. The Balaban J connectivity index is 2.47. The van der Waals surface area contributed by atoms with Crippen molar-refractivity contribution in [2.24, 2.45) is 12.8 Å². The summed E-state index contributed by atoms with van der Waals surface area (Å²) in [5.74, 6) is 0.671. The SMILES string of the molecule is CNC(=O)C1COCCN1c1c(C(N)=S)c(C)nn1C. The summed E-state index contributed by atoms with van der Waals surface area (Å²) in [5, 5.41) is 7.02. The molecule has 0 bridgehead atoms. The first-order chi connectivity index (χ1) is 9.47. The van der Waals surface area contributed by atoms with Crippen LogP contribution in [0.25, 0.3) is 0 Å². The molecule has 1 atom stereocenters. The van der Waals surface area contributed by atoms with E-state index >= 15 is 0 Å². The van der Waals surface area contributed by atoms with Crippen molar-refractivity contribution in [1.82, 2.24) is 15.1 Å². The number of nitrogens with zero attached hydrogens (tertiary/aromatic N) is 3. The highest BCUT2D eigenvalue weighted by atomic mass is 32.1. The number of morpholine rings is 1. The molecule has 0 aromatic carbocycles. The van der Waals surface area contributed by atoms with Crippen molar-refractivity contribution in [2.45, 2.75) is 13.0 Å². The van der Waals surface area contributed by atoms with Gasteiger partial charge in [-0.25, -0.2) is 0 Å². The zero-order chi connectivity index (χ0) is 14.9. The van der Waals surface area contributed by atoms with E-state index in [0.29, 0.717) is 19.8 Å². The highest BCUT2D eigenvalue weighted by Gasteiger charge is 2.33. The summed E-state index contributed by atoms with van der Waals surface area (Å²) in [6.07, 6.45) is 0. The van der Waals surface area contributed by atoms with E-state index in [4.69, 9.17) is 22.7 Å². The quantitative estimate of drug-likeness (QED) is 0.719.